The first-order valence-corrected chi connectivity index (χ1v) is 10.6. The highest BCUT2D eigenvalue weighted by molar-refractivity contribution is 5.80. The maximum atomic E-state index is 4.56. The van der Waals surface area contributed by atoms with E-state index in [9.17, 15) is 0 Å². The first-order valence-electron chi connectivity index (χ1n) is 10.6. The molecule has 5 heteroatoms. The van der Waals surface area contributed by atoms with Gasteiger partial charge in [-0.15, -0.1) is 0 Å². The van der Waals surface area contributed by atoms with Crippen LogP contribution < -0.4 is 5.32 Å². The van der Waals surface area contributed by atoms with Gasteiger partial charge in [-0.05, 0) is 44.3 Å². The van der Waals surface area contributed by atoms with Crippen LogP contribution in [0.3, 0.4) is 0 Å². The number of nitrogens with zero attached hydrogens (tertiary/aromatic N) is 4. The van der Waals surface area contributed by atoms with Crippen molar-refractivity contribution < 1.29 is 0 Å². The number of benzene rings is 1. The summed E-state index contributed by atoms with van der Waals surface area (Å²) in [5, 5.41) is 3.65. The van der Waals surface area contributed by atoms with Crippen LogP contribution in [0.4, 0.5) is 0 Å². The van der Waals surface area contributed by atoms with Crippen LogP contribution in [0.1, 0.15) is 37.8 Å². The zero-order valence-corrected chi connectivity index (χ0v) is 17.4. The molecule has 0 spiro atoms. The summed E-state index contributed by atoms with van der Waals surface area (Å²) in [6.07, 6.45) is 3.81. The van der Waals surface area contributed by atoms with Gasteiger partial charge in [0.15, 0.2) is 5.96 Å². The molecule has 2 aliphatic rings. The molecule has 1 aromatic carbocycles. The maximum absolute atomic E-state index is 4.56. The van der Waals surface area contributed by atoms with E-state index >= 15 is 0 Å². The highest BCUT2D eigenvalue weighted by Gasteiger charge is 2.26. The zero-order valence-electron chi connectivity index (χ0n) is 17.4. The molecule has 0 aromatic heterocycles. The standard InChI is InChI=1S/C22H37N5/c1-4-21(20-10-6-5-7-11-20)26-13-15-27(16-14-26)22(23-2)24-17-19-9-8-12-25(3)18-19/h5-7,10-11,19,21H,4,8-9,12-18H2,1-3H3,(H,23,24). The van der Waals surface area contributed by atoms with Crippen LogP contribution in [-0.4, -0.2) is 80.6 Å². The molecule has 1 N–H and O–H groups in total. The molecule has 2 aliphatic heterocycles. The van der Waals surface area contributed by atoms with Crippen molar-refractivity contribution in [1.82, 2.24) is 20.0 Å². The molecular weight excluding hydrogens is 334 g/mol. The smallest absolute Gasteiger partial charge is 0.193 e. The molecule has 0 amide bonds. The molecule has 2 saturated heterocycles. The molecule has 0 aliphatic carbocycles. The fourth-order valence-corrected chi connectivity index (χ4v) is 4.63. The molecule has 27 heavy (non-hydrogen) atoms. The zero-order chi connectivity index (χ0) is 19.1. The summed E-state index contributed by atoms with van der Waals surface area (Å²) in [5.74, 6) is 1.82. The third kappa shape index (κ3) is 5.45. The fraction of sp³-hybridized carbons (Fsp3) is 0.682. The number of rotatable bonds is 5. The second-order valence-electron chi connectivity index (χ2n) is 8.06. The Bertz CT molecular complexity index is 580. The van der Waals surface area contributed by atoms with Crippen LogP contribution in [0.5, 0.6) is 0 Å². The fourth-order valence-electron chi connectivity index (χ4n) is 4.63. The Hall–Kier alpha value is -1.59. The van der Waals surface area contributed by atoms with E-state index in [2.05, 4.69) is 69.3 Å². The molecule has 0 radical (unpaired) electrons. The van der Waals surface area contributed by atoms with Crippen LogP contribution in [0.2, 0.25) is 0 Å². The third-order valence-electron chi connectivity index (χ3n) is 6.11. The lowest BCUT2D eigenvalue weighted by molar-refractivity contribution is 0.126. The summed E-state index contributed by atoms with van der Waals surface area (Å²) in [4.78, 5) is 12.1. The summed E-state index contributed by atoms with van der Waals surface area (Å²) in [5.41, 5.74) is 1.44. The van der Waals surface area contributed by atoms with E-state index < -0.39 is 0 Å². The molecule has 3 rings (SSSR count). The van der Waals surface area contributed by atoms with E-state index in [0.717, 1.165) is 51.0 Å². The van der Waals surface area contributed by atoms with Gasteiger partial charge in [0.1, 0.15) is 0 Å². The summed E-state index contributed by atoms with van der Waals surface area (Å²) in [7, 11) is 4.15. The Balaban J connectivity index is 1.49. The van der Waals surface area contributed by atoms with Crippen LogP contribution >= 0.6 is 0 Å². The van der Waals surface area contributed by atoms with Crippen LogP contribution in [0.25, 0.3) is 0 Å². The number of nitrogens with one attached hydrogen (secondary N) is 1. The quantitative estimate of drug-likeness (QED) is 0.637. The van der Waals surface area contributed by atoms with Crippen molar-refractivity contribution in [3.05, 3.63) is 35.9 Å². The van der Waals surface area contributed by atoms with E-state index in [1.807, 2.05) is 7.05 Å². The minimum absolute atomic E-state index is 0.529. The second-order valence-corrected chi connectivity index (χ2v) is 8.06. The Morgan fingerprint density at radius 1 is 1.15 bits per heavy atom. The second kappa shape index (κ2) is 10.1. The number of piperidine rings is 1. The van der Waals surface area contributed by atoms with Crippen LogP contribution in [0, 0.1) is 5.92 Å². The summed E-state index contributed by atoms with van der Waals surface area (Å²) in [6, 6.07) is 11.5. The molecule has 2 unspecified atom stereocenters. The van der Waals surface area contributed by atoms with E-state index in [-0.39, 0.29) is 0 Å². The molecule has 150 valence electrons. The van der Waals surface area contributed by atoms with Gasteiger partial charge in [0.25, 0.3) is 0 Å². The van der Waals surface area contributed by atoms with Crippen LogP contribution in [-0.2, 0) is 0 Å². The van der Waals surface area contributed by atoms with Gasteiger partial charge < -0.3 is 15.1 Å². The van der Waals surface area contributed by atoms with Gasteiger partial charge in [-0.25, -0.2) is 0 Å². The Kier molecular flexibility index (Phi) is 7.53. The SMILES string of the molecule is CCC(c1ccccc1)N1CCN(C(=NC)NCC2CCCN(C)C2)CC1. The van der Waals surface area contributed by atoms with Gasteiger partial charge in [-0.2, -0.15) is 0 Å². The van der Waals surface area contributed by atoms with Crippen molar-refractivity contribution in [3.8, 4) is 0 Å². The minimum Gasteiger partial charge on any atom is -0.356 e. The van der Waals surface area contributed by atoms with Gasteiger partial charge in [-0.1, -0.05) is 37.3 Å². The molecule has 2 fully saturated rings. The Morgan fingerprint density at radius 3 is 2.52 bits per heavy atom. The lowest BCUT2D eigenvalue weighted by Gasteiger charge is -2.40. The van der Waals surface area contributed by atoms with Gasteiger partial charge in [0, 0.05) is 52.4 Å². The third-order valence-corrected chi connectivity index (χ3v) is 6.11. The Morgan fingerprint density at radius 2 is 1.89 bits per heavy atom. The molecule has 0 saturated carbocycles. The van der Waals surface area contributed by atoms with Crippen molar-refractivity contribution in [3.63, 3.8) is 0 Å². The van der Waals surface area contributed by atoms with Crippen molar-refractivity contribution in [2.24, 2.45) is 10.9 Å². The van der Waals surface area contributed by atoms with E-state index in [1.165, 1.54) is 31.5 Å². The predicted molar refractivity (Wildman–Crippen MR) is 114 cm³/mol. The number of hydrogen-bond acceptors (Lipinski definition) is 3. The lowest BCUT2D eigenvalue weighted by atomic mass is 9.98. The molecule has 0 bridgehead atoms. The first kappa shape index (κ1) is 20.2. The van der Waals surface area contributed by atoms with Gasteiger partial charge in [0.05, 0.1) is 0 Å². The average Bonchev–Trinajstić information content (AvgIpc) is 2.71. The molecular formula is C22H37N5. The van der Waals surface area contributed by atoms with Gasteiger partial charge >= 0.3 is 0 Å². The monoisotopic (exact) mass is 371 g/mol. The summed E-state index contributed by atoms with van der Waals surface area (Å²) < 4.78 is 0. The summed E-state index contributed by atoms with van der Waals surface area (Å²) in [6.45, 7) is 10.1. The topological polar surface area (TPSA) is 34.1 Å². The average molecular weight is 372 g/mol. The lowest BCUT2D eigenvalue weighted by Crippen LogP contribution is -2.54. The molecule has 2 heterocycles. The van der Waals surface area contributed by atoms with Crippen molar-refractivity contribution >= 4 is 5.96 Å². The number of hydrogen-bond donors (Lipinski definition) is 1. The number of piperazine rings is 1. The van der Waals surface area contributed by atoms with Gasteiger partial charge in [-0.3, -0.25) is 9.89 Å². The highest BCUT2D eigenvalue weighted by Crippen LogP contribution is 2.25. The normalized spacial score (nSPS) is 24.0. The maximum Gasteiger partial charge on any atom is 0.193 e. The van der Waals surface area contributed by atoms with Crippen molar-refractivity contribution in [2.45, 2.75) is 32.2 Å². The largest absolute Gasteiger partial charge is 0.356 e. The van der Waals surface area contributed by atoms with E-state index in [4.69, 9.17) is 0 Å². The first-order chi connectivity index (χ1) is 13.2. The van der Waals surface area contributed by atoms with E-state index in [1.54, 1.807) is 0 Å². The van der Waals surface area contributed by atoms with Crippen molar-refractivity contribution in [2.75, 3.05) is 59.9 Å². The number of guanidine groups is 1. The van der Waals surface area contributed by atoms with Crippen LogP contribution in [0.15, 0.2) is 35.3 Å². The Labute approximate surface area is 165 Å². The summed E-state index contributed by atoms with van der Waals surface area (Å²) >= 11 is 0. The number of likely N-dealkylation sites (tertiary alicyclic amines) is 1. The van der Waals surface area contributed by atoms with E-state index in [0.29, 0.717) is 6.04 Å². The highest BCUT2D eigenvalue weighted by atomic mass is 15.4. The molecule has 2 atom stereocenters. The minimum atomic E-state index is 0.529. The number of aliphatic imine (C=N–C) groups is 1. The molecule has 1 aromatic rings. The van der Waals surface area contributed by atoms with Crippen molar-refractivity contribution in [1.29, 1.82) is 0 Å². The molecule has 5 nitrogen and oxygen atoms in total. The van der Waals surface area contributed by atoms with Gasteiger partial charge in [0.2, 0.25) is 0 Å². The predicted octanol–water partition coefficient (Wildman–Crippen LogP) is 2.67.